The summed E-state index contributed by atoms with van der Waals surface area (Å²) >= 11 is 8.31. The van der Waals surface area contributed by atoms with E-state index in [1.165, 1.54) is 20.7 Å². The molecule has 4 rings (SSSR count). The summed E-state index contributed by atoms with van der Waals surface area (Å²) in [5, 5.41) is 4.76. The lowest BCUT2D eigenvalue weighted by atomic mass is 10.4. The van der Waals surface area contributed by atoms with Crippen molar-refractivity contribution < 1.29 is 4.12 Å². The Morgan fingerprint density at radius 3 is 0.793 bits per heavy atom. The van der Waals surface area contributed by atoms with Gasteiger partial charge in [0.15, 0.2) is 0 Å². The quantitative estimate of drug-likeness (QED) is 0.262. The van der Waals surface area contributed by atoms with Gasteiger partial charge in [0.2, 0.25) is 0 Å². The summed E-state index contributed by atoms with van der Waals surface area (Å²) in [7, 11) is 0. The molecule has 0 unspecified atom stereocenters. The standard InChI is InChI=1S/C24H20Br2OSi2/c25-28(21-13-5-1-6-14-21,22-15-7-2-8-16-22)27-29(26,23-17-9-3-10-18-23)24-19-11-4-12-20-24/h1-20H. The summed E-state index contributed by atoms with van der Waals surface area (Å²) in [4.78, 5) is 0. The zero-order valence-electron chi connectivity index (χ0n) is 15.7. The van der Waals surface area contributed by atoms with Crippen molar-refractivity contribution in [1.82, 2.24) is 0 Å². The van der Waals surface area contributed by atoms with Crippen LogP contribution in [0.25, 0.3) is 0 Å². The summed E-state index contributed by atoms with van der Waals surface area (Å²) < 4.78 is 7.28. The van der Waals surface area contributed by atoms with Crippen LogP contribution in [0, 0.1) is 0 Å². The summed E-state index contributed by atoms with van der Waals surface area (Å²) in [6, 6.07) is 42.1. The zero-order chi connectivity index (χ0) is 20.2. The van der Waals surface area contributed by atoms with Gasteiger partial charge in [0.05, 0.1) is 0 Å². The van der Waals surface area contributed by atoms with Gasteiger partial charge in [-0.3, -0.25) is 0 Å². The van der Waals surface area contributed by atoms with Gasteiger partial charge in [0.1, 0.15) is 0 Å². The molecule has 29 heavy (non-hydrogen) atoms. The Labute approximate surface area is 189 Å². The molecule has 4 aromatic rings. The Kier molecular flexibility index (Phi) is 6.32. The molecular formula is C24H20Br2OSi2. The average molecular weight is 540 g/mol. The average Bonchev–Trinajstić information content (AvgIpc) is 2.81. The predicted octanol–water partition coefficient (Wildman–Crippen LogP) is 4.31. The van der Waals surface area contributed by atoms with Gasteiger partial charge in [-0.1, -0.05) is 152 Å². The van der Waals surface area contributed by atoms with Crippen LogP contribution in [0.4, 0.5) is 0 Å². The van der Waals surface area contributed by atoms with E-state index < -0.39 is 13.9 Å². The molecule has 0 N–H and O–H groups in total. The fraction of sp³-hybridized carbons (Fsp3) is 0. The van der Waals surface area contributed by atoms with Gasteiger partial charge in [-0.25, -0.2) is 0 Å². The first kappa shape index (κ1) is 20.5. The second-order valence-corrected chi connectivity index (χ2v) is 19.0. The van der Waals surface area contributed by atoms with Crippen molar-refractivity contribution in [2.75, 3.05) is 0 Å². The van der Waals surface area contributed by atoms with Crippen molar-refractivity contribution >= 4 is 65.2 Å². The third kappa shape index (κ3) is 4.25. The fourth-order valence-corrected chi connectivity index (χ4v) is 19.5. The molecule has 144 valence electrons. The molecular weight excluding hydrogens is 520 g/mol. The smallest absolute Gasteiger partial charge is 0.319 e. The van der Waals surface area contributed by atoms with Crippen LogP contribution in [0.1, 0.15) is 0 Å². The maximum absolute atomic E-state index is 7.28. The van der Waals surface area contributed by atoms with E-state index >= 15 is 0 Å². The Morgan fingerprint density at radius 1 is 0.379 bits per heavy atom. The van der Waals surface area contributed by atoms with Crippen LogP contribution in [0.5, 0.6) is 0 Å². The van der Waals surface area contributed by atoms with E-state index in [4.69, 9.17) is 4.12 Å². The predicted molar refractivity (Wildman–Crippen MR) is 135 cm³/mol. The van der Waals surface area contributed by atoms with Crippen molar-refractivity contribution in [3.8, 4) is 0 Å². The van der Waals surface area contributed by atoms with Gasteiger partial charge in [-0.15, -0.1) is 0 Å². The molecule has 0 aromatic heterocycles. The minimum absolute atomic E-state index is 1.19. The third-order valence-corrected chi connectivity index (χ3v) is 19.8. The number of rotatable bonds is 6. The van der Waals surface area contributed by atoms with Crippen LogP contribution in [-0.2, 0) is 4.12 Å². The largest absolute Gasteiger partial charge is 0.426 e. The van der Waals surface area contributed by atoms with Crippen LogP contribution in [0.15, 0.2) is 121 Å². The van der Waals surface area contributed by atoms with Crippen molar-refractivity contribution in [2.45, 2.75) is 0 Å². The SMILES string of the molecule is Br[Si](O[Si](Br)(c1ccccc1)c1ccccc1)(c1ccccc1)c1ccccc1. The molecule has 0 heterocycles. The lowest BCUT2D eigenvalue weighted by Crippen LogP contribution is -2.67. The summed E-state index contributed by atoms with van der Waals surface area (Å²) in [6.45, 7) is -5.35. The van der Waals surface area contributed by atoms with Gasteiger partial charge >= 0.3 is 13.9 Å². The Hall–Kier alpha value is -1.77. The minimum atomic E-state index is -2.68. The van der Waals surface area contributed by atoms with Crippen LogP contribution in [0.3, 0.4) is 0 Å². The molecule has 0 amide bonds. The van der Waals surface area contributed by atoms with E-state index in [9.17, 15) is 0 Å². The number of halogens is 2. The first-order valence-electron chi connectivity index (χ1n) is 9.43. The molecule has 0 bridgehead atoms. The Balaban J connectivity index is 1.91. The van der Waals surface area contributed by atoms with Crippen LogP contribution < -0.4 is 20.7 Å². The molecule has 0 saturated heterocycles. The number of hydrogen-bond acceptors (Lipinski definition) is 1. The highest BCUT2D eigenvalue weighted by Gasteiger charge is 2.48. The molecule has 0 fully saturated rings. The highest BCUT2D eigenvalue weighted by Crippen LogP contribution is 2.25. The van der Waals surface area contributed by atoms with Gasteiger partial charge < -0.3 is 4.12 Å². The third-order valence-electron chi connectivity index (χ3n) is 4.86. The van der Waals surface area contributed by atoms with E-state index in [1.807, 2.05) is 24.3 Å². The van der Waals surface area contributed by atoms with E-state index in [0.29, 0.717) is 0 Å². The summed E-state index contributed by atoms with van der Waals surface area (Å²) in [6.07, 6.45) is 0. The van der Waals surface area contributed by atoms with Gasteiger partial charge in [0.25, 0.3) is 0 Å². The molecule has 0 radical (unpaired) electrons. The van der Waals surface area contributed by atoms with E-state index in [0.717, 1.165) is 0 Å². The van der Waals surface area contributed by atoms with Gasteiger partial charge in [0, 0.05) is 0 Å². The van der Waals surface area contributed by atoms with E-state index in [-0.39, 0.29) is 0 Å². The molecule has 0 atom stereocenters. The topological polar surface area (TPSA) is 9.23 Å². The number of benzene rings is 4. The normalized spacial score (nSPS) is 11.9. The Morgan fingerprint density at radius 2 is 0.586 bits per heavy atom. The lowest BCUT2D eigenvalue weighted by molar-refractivity contribution is 0.622. The van der Waals surface area contributed by atoms with Crippen LogP contribution >= 0.6 is 30.6 Å². The monoisotopic (exact) mass is 538 g/mol. The molecule has 5 heteroatoms. The van der Waals surface area contributed by atoms with Crippen molar-refractivity contribution in [2.24, 2.45) is 0 Å². The van der Waals surface area contributed by atoms with Gasteiger partial charge in [-0.2, -0.15) is 0 Å². The molecule has 0 spiro atoms. The zero-order valence-corrected chi connectivity index (χ0v) is 20.9. The lowest BCUT2D eigenvalue weighted by Gasteiger charge is -2.36. The number of hydrogen-bond donors (Lipinski definition) is 0. The van der Waals surface area contributed by atoms with E-state index in [2.05, 4.69) is 128 Å². The summed E-state index contributed by atoms with van der Waals surface area (Å²) in [5.41, 5.74) is 0. The highest BCUT2D eigenvalue weighted by molar-refractivity contribution is 9.28. The first-order chi connectivity index (χ1) is 14.1. The minimum Gasteiger partial charge on any atom is -0.426 e. The maximum atomic E-state index is 7.28. The van der Waals surface area contributed by atoms with Crippen LogP contribution in [0.2, 0.25) is 0 Å². The van der Waals surface area contributed by atoms with Crippen molar-refractivity contribution in [1.29, 1.82) is 0 Å². The molecule has 0 aliphatic carbocycles. The van der Waals surface area contributed by atoms with Crippen LogP contribution in [-0.4, -0.2) is 13.9 Å². The maximum Gasteiger partial charge on any atom is 0.319 e. The molecule has 1 nitrogen and oxygen atoms in total. The van der Waals surface area contributed by atoms with Crippen molar-refractivity contribution in [3.63, 3.8) is 0 Å². The molecule has 0 saturated carbocycles. The molecule has 0 aliphatic rings. The highest BCUT2D eigenvalue weighted by atomic mass is 79.9. The second-order valence-electron chi connectivity index (χ2n) is 6.76. The summed E-state index contributed by atoms with van der Waals surface area (Å²) in [5.74, 6) is 0. The van der Waals surface area contributed by atoms with E-state index in [1.54, 1.807) is 0 Å². The fourth-order valence-electron chi connectivity index (χ4n) is 3.37. The molecule has 4 aromatic carbocycles. The molecule has 0 aliphatic heterocycles. The second kappa shape index (κ2) is 8.94. The first-order valence-corrected chi connectivity index (χ1v) is 17.8. The van der Waals surface area contributed by atoms with Gasteiger partial charge in [-0.05, 0) is 20.7 Å². The Bertz CT molecular complexity index is 879. The van der Waals surface area contributed by atoms with Crippen molar-refractivity contribution in [3.05, 3.63) is 121 Å².